The van der Waals surface area contributed by atoms with E-state index in [1.54, 1.807) is 0 Å². The van der Waals surface area contributed by atoms with Gasteiger partial charge in [-0.3, -0.25) is 9.82 Å². The molecule has 1 aliphatic heterocycles. The van der Waals surface area contributed by atoms with E-state index >= 15 is 0 Å². The molecule has 1 unspecified atom stereocenters. The topological polar surface area (TPSA) is 73.4 Å². The highest BCUT2D eigenvalue weighted by atomic mass is 32.2. The molecule has 1 amide bonds. The van der Waals surface area contributed by atoms with E-state index in [2.05, 4.69) is 18.9 Å². The molecule has 0 spiro atoms. The van der Waals surface area contributed by atoms with Crippen LogP contribution in [-0.2, 0) is 11.3 Å². The number of amides is 1. The van der Waals surface area contributed by atoms with Crippen LogP contribution in [0.3, 0.4) is 0 Å². The molecule has 2 N–H and O–H groups in total. The first-order valence-corrected chi connectivity index (χ1v) is 9.81. The van der Waals surface area contributed by atoms with Crippen LogP contribution in [0.15, 0.2) is 11.1 Å². The Morgan fingerprint density at radius 1 is 1.48 bits per heavy atom. The predicted octanol–water partition coefficient (Wildman–Crippen LogP) is 3.97. The van der Waals surface area contributed by atoms with Crippen LogP contribution in [0.2, 0.25) is 0 Å². The van der Waals surface area contributed by atoms with Crippen molar-refractivity contribution in [3.8, 4) is 0 Å². The van der Waals surface area contributed by atoms with Crippen molar-refractivity contribution >= 4 is 18.0 Å². The molecule has 0 aliphatic carbocycles. The summed E-state index contributed by atoms with van der Waals surface area (Å²) in [5.74, 6) is 0.502. The average molecular weight is 369 g/mol. The Bertz CT molecular complexity index is 607. The first-order valence-electron chi connectivity index (χ1n) is 8.93. The highest BCUT2D eigenvalue weighted by molar-refractivity contribution is 7.97. The van der Waals surface area contributed by atoms with E-state index in [0.29, 0.717) is 5.92 Å². The van der Waals surface area contributed by atoms with Gasteiger partial charge in [-0.05, 0) is 78.7 Å². The van der Waals surface area contributed by atoms with E-state index in [9.17, 15) is 4.79 Å². The lowest BCUT2D eigenvalue weighted by molar-refractivity contribution is 0.0131. The van der Waals surface area contributed by atoms with Crippen LogP contribution in [0.1, 0.15) is 59.6 Å². The fourth-order valence-corrected chi connectivity index (χ4v) is 3.88. The molecule has 7 heteroatoms. The summed E-state index contributed by atoms with van der Waals surface area (Å²) < 4.78 is 7.53. The largest absolute Gasteiger partial charge is 0.444 e. The Morgan fingerprint density at radius 3 is 2.72 bits per heavy atom. The van der Waals surface area contributed by atoms with E-state index in [1.165, 1.54) is 11.9 Å². The fraction of sp³-hybridized carbons (Fsp3) is 0.778. The molecule has 0 radical (unpaired) electrons. The first-order chi connectivity index (χ1) is 11.5. The van der Waals surface area contributed by atoms with Crippen molar-refractivity contribution in [1.82, 2.24) is 14.7 Å². The SMILES string of the molecule is Cc1nn(CCCC2CN(C(=O)OC(C)(C)C)C(C)(C)C2)cc1SN. The number of hydrogen-bond acceptors (Lipinski definition) is 5. The standard InChI is InChI=1S/C18H32N4O2S/c1-13-15(25-19)12-21(20-13)9-7-8-14-10-18(5,6)22(11-14)16(23)24-17(2,3)4/h12,14H,7-11,19H2,1-6H3. The minimum absolute atomic E-state index is 0.154. The number of nitrogens with zero attached hydrogens (tertiary/aromatic N) is 3. The third-order valence-corrected chi connectivity index (χ3v) is 5.26. The smallest absolute Gasteiger partial charge is 0.410 e. The van der Waals surface area contributed by atoms with E-state index in [1.807, 2.05) is 43.5 Å². The zero-order chi connectivity index (χ0) is 18.8. The van der Waals surface area contributed by atoms with E-state index < -0.39 is 5.60 Å². The summed E-state index contributed by atoms with van der Waals surface area (Å²) in [4.78, 5) is 15.4. The molecule has 1 atom stereocenters. The van der Waals surface area contributed by atoms with Gasteiger partial charge in [-0.1, -0.05) is 0 Å². The van der Waals surface area contributed by atoms with Crippen molar-refractivity contribution in [2.45, 2.75) is 83.4 Å². The van der Waals surface area contributed by atoms with Gasteiger partial charge < -0.3 is 9.64 Å². The average Bonchev–Trinajstić information content (AvgIpc) is 2.96. The second-order valence-corrected chi connectivity index (χ2v) is 9.25. The van der Waals surface area contributed by atoms with Gasteiger partial charge in [0.15, 0.2) is 0 Å². The Hall–Kier alpha value is -1.21. The Balaban J connectivity index is 1.86. The van der Waals surface area contributed by atoms with E-state index in [0.717, 1.165) is 42.9 Å². The lowest BCUT2D eigenvalue weighted by Gasteiger charge is -2.33. The van der Waals surface area contributed by atoms with Gasteiger partial charge in [0.2, 0.25) is 0 Å². The van der Waals surface area contributed by atoms with Crippen LogP contribution in [-0.4, -0.2) is 38.5 Å². The molecular weight excluding hydrogens is 336 g/mol. The maximum absolute atomic E-state index is 12.5. The summed E-state index contributed by atoms with van der Waals surface area (Å²) in [7, 11) is 0. The lowest BCUT2D eigenvalue weighted by Crippen LogP contribution is -2.45. The number of aromatic nitrogens is 2. The monoisotopic (exact) mass is 368 g/mol. The molecule has 1 aliphatic rings. The van der Waals surface area contributed by atoms with E-state index in [4.69, 9.17) is 9.88 Å². The maximum Gasteiger partial charge on any atom is 0.410 e. The van der Waals surface area contributed by atoms with Crippen molar-refractivity contribution in [2.24, 2.45) is 11.1 Å². The minimum atomic E-state index is -0.456. The van der Waals surface area contributed by atoms with Gasteiger partial charge in [0.25, 0.3) is 0 Å². The number of aryl methyl sites for hydroxylation is 2. The molecule has 2 heterocycles. The van der Waals surface area contributed by atoms with Gasteiger partial charge >= 0.3 is 6.09 Å². The predicted molar refractivity (Wildman–Crippen MR) is 101 cm³/mol. The molecular formula is C18H32N4O2S. The van der Waals surface area contributed by atoms with Gasteiger partial charge in [0, 0.05) is 24.8 Å². The first kappa shape index (κ1) is 20.1. The van der Waals surface area contributed by atoms with Gasteiger partial charge in [0.05, 0.1) is 10.6 Å². The third kappa shape index (κ3) is 5.38. The lowest BCUT2D eigenvalue weighted by atomic mass is 9.93. The zero-order valence-corrected chi connectivity index (χ0v) is 17.2. The minimum Gasteiger partial charge on any atom is -0.444 e. The number of carbonyl (C=O) groups excluding carboxylic acids is 1. The van der Waals surface area contributed by atoms with Crippen LogP contribution in [0.5, 0.6) is 0 Å². The van der Waals surface area contributed by atoms with Crippen LogP contribution in [0, 0.1) is 12.8 Å². The molecule has 142 valence electrons. The van der Waals surface area contributed by atoms with Crippen molar-refractivity contribution < 1.29 is 9.53 Å². The summed E-state index contributed by atoms with van der Waals surface area (Å²) >= 11 is 1.24. The van der Waals surface area contributed by atoms with Crippen molar-refractivity contribution in [1.29, 1.82) is 0 Å². The highest BCUT2D eigenvalue weighted by Gasteiger charge is 2.42. The molecule has 1 saturated heterocycles. The number of rotatable bonds is 5. The van der Waals surface area contributed by atoms with Crippen LogP contribution in [0.25, 0.3) is 0 Å². The normalized spacial score (nSPS) is 20.1. The second-order valence-electron chi connectivity index (χ2n) is 8.58. The van der Waals surface area contributed by atoms with Crippen LogP contribution >= 0.6 is 11.9 Å². The molecule has 0 bridgehead atoms. The molecule has 0 aromatic carbocycles. The molecule has 6 nitrogen and oxygen atoms in total. The summed E-state index contributed by atoms with van der Waals surface area (Å²) in [5.41, 5.74) is 0.367. The second kappa shape index (κ2) is 7.58. The van der Waals surface area contributed by atoms with Gasteiger partial charge in [-0.25, -0.2) is 4.79 Å². The zero-order valence-electron chi connectivity index (χ0n) is 16.3. The number of carbonyl (C=O) groups is 1. The van der Waals surface area contributed by atoms with Crippen molar-refractivity contribution in [3.05, 3.63) is 11.9 Å². The van der Waals surface area contributed by atoms with Crippen molar-refractivity contribution in [3.63, 3.8) is 0 Å². The molecule has 25 heavy (non-hydrogen) atoms. The van der Waals surface area contributed by atoms with Gasteiger partial charge in [-0.15, -0.1) is 0 Å². The summed E-state index contributed by atoms with van der Waals surface area (Å²) in [6, 6.07) is 0. The number of likely N-dealkylation sites (tertiary alicyclic amines) is 1. The summed E-state index contributed by atoms with van der Waals surface area (Å²) in [6.45, 7) is 13.6. The fourth-order valence-electron chi connectivity index (χ4n) is 3.49. The van der Waals surface area contributed by atoms with Gasteiger partial charge in [-0.2, -0.15) is 5.10 Å². The number of hydrogen-bond donors (Lipinski definition) is 1. The van der Waals surface area contributed by atoms with Crippen molar-refractivity contribution in [2.75, 3.05) is 6.54 Å². The van der Waals surface area contributed by atoms with Crippen LogP contribution < -0.4 is 5.14 Å². The molecule has 2 rings (SSSR count). The third-order valence-electron chi connectivity index (χ3n) is 4.60. The molecule has 0 saturated carbocycles. The van der Waals surface area contributed by atoms with Gasteiger partial charge in [0.1, 0.15) is 5.60 Å². The molecule has 1 fully saturated rings. The Labute approximate surface area is 155 Å². The maximum atomic E-state index is 12.5. The number of nitrogens with two attached hydrogens (primary N) is 1. The highest BCUT2D eigenvalue weighted by Crippen LogP contribution is 2.36. The quantitative estimate of drug-likeness (QED) is 0.796. The molecule has 1 aromatic rings. The molecule has 1 aromatic heterocycles. The summed E-state index contributed by atoms with van der Waals surface area (Å²) in [5, 5.41) is 10.1. The summed E-state index contributed by atoms with van der Waals surface area (Å²) in [6.07, 6.45) is 4.93. The Morgan fingerprint density at radius 2 is 2.16 bits per heavy atom. The van der Waals surface area contributed by atoms with Crippen LogP contribution in [0.4, 0.5) is 4.79 Å². The number of ether oxygens (including phenoxy) is 1. The Kier molecular flexibility index (Phi) is 6.09. The van der Waals surface area contributed by atoms with E-state index in [-0.39, 0.29) is 11.6 Å².